The average Bonchev–Trinajstić information content (AvgIpc) is 2.81. The number of thiophene rings is 1. The van der Waals surface area contributed by atoms with E-state index in [0.717, 1.165) is 52.7 Å². The molecule has 1 aliphatic heterocycles. The predicted molar refractivity (Wildman–Crippen MR) is 102 cm³/mol. The highest BCUT2D eigenvalue weighted by atomic mass is 32.1. The molecule has 3 rings (SSSR count). The number of nitrogens with zero attached hydrogens (tertiary/aromatic N) is 3. The molecule has 6 nitrogen and oxygen atoms in total. The lowest BCUT2D eigenvalue weighted by molar-refractivity contribution is 0.0114. The fourth-order valence-electron chi connectivity index (χ4n) is 3.50. The highest BCUT2D eigenvalue weighted by Crippen LogP contribution is 2.27. The van der Waals surface area contributed by atoms with Crippen LogP contribution in [-0.4, -0.2) is 63.2 Å². The number of hydrogen-bond acceptors (Lipinski definition) is 6. The summed E-state index contributed by atoms with van der Waals surface area (Å²) >= 11 is 1.59. The molecule has 0 bridgehead atoms. The Morgan fingerprint density at radius 2 is 1.92 bits per heavy atom. The van der Waals surface area contributed by atoms with Crippen LogP contribution in [0.1, 0.15) is 43.1 Å². The van der Waals surface area contributed by atoms with Crippen LogP contribution < -0.4 is 5.56 Å². The molecule has 0 aliphatic carbocycles. The van der Waals surface area contributed by atoms with Gasteiger partial charge < -0.3 is 10.1 Å². The van der Waals surface area contributed by atoms with Crippen LogP contribution >= 0.6 is 11.3 Å². The number of rotatable bonds is 4. The number of aliphatic hydroxyl groups is 1. The molecule has 1 fully saturated rings. The maximum absolute atomic E-state index is 12.5. The molecule has 1 atom stereocenters. The Hall–Kier alpha value is -1.28. The highest BCUT2D eigenvalue weighted by Gasteiger charge is 2.27. The van der Waals surface area contributed by atoms with E-state index in [9.17, 15) is 9.90 Å². The Kier molecular flexibility index (Phi) is 5.03. The summed E-state index contributed by atoms with van der Waals surface area (Å²) in [4.78, 5) is 26.8. The standard InChI is InChI=1S/C18H28N4O2S/c1-11-13(3)25-17-14(11)16(23)19-15(20-17)12(2)22-8-6-21(7-9-22)10-18(4,5)24/h12,24H,6-10H2,1-5H3,(H,19,20,23). The van der Waals surface area contributed by atoms with E-state index in [-0.39, 0.29) is 11.6 Å². The minimum atomic E-state index is -0.666. The number of piperazine rings is 1. The molecule has 2 N–H and O–H groups in total. The van der Waals surface area contributed by atoms with Gasteiger partial charge in [0.1, 0.15) is 10.7 Å². The SMILES string of the molecule is Cc1sc2nc(C(C)N3CCN(CC(C)(C)O)CC3)[nH]c(=O)c2c1C. The third kappa shape index (κ3) is 3.95. The molecule has 1 aliphatic rings. The first kappa shape index (κ1) is 18.5. The Balaban J connectivity index is 1.75. The van der Waals surface area contributed by atoms with Gasteiger partial charge in [-0.05, 0) is 40.2 Å². The van der Waals surface area contributed by atoms with E-state index in [1.807, 2.05) is 27.7 Å². The molecular formula is C18H28N4O2S. The van der Waals surface area contributed by atoms with Crippen LogP contribution in [0, 0.1) is 13.8 Å². The van der Waals surface area contributed by atoms with Crippen molar-refractivity contribution >= 4 is 21.6 Å². The molecule has 138 valence electrons. The van der Waals surface area contributed by atoms with Crippen molar-refractivity contribution in [2.45, 2.75) is 46.3 Å². The number of aromatic nitrogens is 2. The second kappa shape index (κ2) is 6.79. The lowest BCUT2D eigenvalue weighted by Crippen LogP contribution is -2.51. The first-order chi connectivity index (χ1) is 11.7. The molecular weight excluding hydrogens is 336 g/mol. The Labute approximate surface area is 152 Å². The third-order valence-corrected chi connectivity index (χ3v) is 6.12. The molecule has 0 amide bonds. The Bertz CT molecular complexity index is 813. The zero-order valence-electron chi connectivity index (χ0n) is 15.7. The molecule has 2 aromatic rings. The van der Waals surface area contributed by atoms with Gasteiger partial charge in [-0.3, -0.25) is 14.6 Å². The van der Waals surface area contributed by atoms with Gasteiger partial charge in [-0.1, -0.05) is 0 Å². The van der Waals surface area contributed by atoms with E-state index in [0.29, 0.717) is 6.54 Å². The van der Waals surface area contributed by atoms with Crippen molar-refractivity contribution in [1.82, 2.24) is 19.8 Å². The highest BCUT2D eigenvalue weighted by molar-refractivity contribution is 7.18. The van der Waals surface area contributed by atoms with Crippen LogP contribution in [0.25, 0.3) is 10.2 Å². The van der Waals surface area contributed by atoms with Gasteiger partial charge in [0.05, 0.1) is 17.0 Å². The summed E-state index contributed by atoms with van der Waals surface area (Å²) in [5.41, 5.74) is 0.336. The van der Waals surface area contributed by atoms with Gasteiger partial charge in [0.15, 0.2) is 0 Å². The van der Waals surface area contributed by atoms with Crippen LogP contribution in [0.3, 0.4) is 0 Å². The lowest BCUT2D eigenvalue weighted by atomic mass is 10.1. The van der Waals surface area contributed by atoms with E-state index in [1.54, 1.807) is 11.3 Å². The molecule has 3 heterocycles. The monoisotopic (exact) mass is 364 g/mol. The quantitative estimate of drug-likeness (QED) is 0.869. The first-order valence-electron chi connectivity index (χ1n) is 8.84. The van der Waals surface area contributed by atoms with E-state index >= 15 is 0 Å². The summed E-state index contributed by atoms with van der Waals surface area (Å²) in [7, 11) is 0. The molecule has 0 radical (unpaired) electrons. The summed E-state index contributed by atoms with van der Waals surface area (Å²) in [6.07, 6.45) is 0. The van der Waals surface area contributed by atoms with Crippen LogP contribution in [0.5, 0.6) is 0 Å². The first-order valence-corrected chi connectivity index (χ1v) is 9.66. The van der Waals surface area contributed by atoms with Crippen molar-refractivity contribution in [2.75, 3.05) is 32.7 Å². The number of aryl methyl sites for hydroxylation is 2. The summed E-state index contributed by atoms with van der Waals surface area (Å²) < 4.78 is 0. The fraction of sp³-hybridized carbons (Fsp3) is 0.667. The van der Waals surface area contributed by atoms with E-state index in [1.165, 1.54) is 0 Å². The number of fused-ring (bicyclic) bond motifs is 1. The number of β-amino-alcohol motifs (C(OH)–C–C–N with tert-alkyl or cyclic N) is 1. The number of hydrogen-bond donors (Lipinski definition) is 2. The van der Waals surface area contributed by atoms with Crippen molar-refractivity contribution in [1.29, 1.82) is 0 Å². The van der Waals surface area contributed by atoms with Crippen LogP contribution in [0.2, 0.25) is 0 Å². The van der Waals surface area contributed by atoms with Crippen LogP contribution in [0.4, 0.5) is 0 Å². The average molecular weight is 365 g/mol. The lowest BCUT2D eigenvalue weighted by Gasteiger charge is -2.39. The van der Waals surface area contributed by atoms with Gasteiger partial charge in [-0.15, -0.1) is 11.3 Å². The van der Waals surface area contributed by atoms with E-state index in [4.69, 9.17) is 4.98 Å². The predicted octanol–water partition coefficient (Wildman–Crippen LogP) is 2.05. The molecule has 7 heteroatoms. The van der Waals surface area contributed by atoms with Crippen molar-refractivity contribution in [3.63, 3.8) is 0 Å². The molecule has 25 heavy (non-hydrogen) atoms. The Morgan fingerprint density at radius 3 is 2.52 bits per heavy atom. The van der Waals surface area contributed by atoms with E-state index < -0.39 is 5.60 Å². The van der Waals surface area contributed by atoms with Gasteiger partial charge >= 0.3 is 0 Å². The van der Waals surface area contributed by atoms with Gasteiger partial charge in [0.2, 0.25) is 0 Å². The van der Waals surface area contributed by atoms with Gasteiger partial charge in [-0.2, -0.15) is 0 Å². The molecule has 1 unspecified atom stereocenters. The Morgan fingerprint density at radius 1 is 1.28 bits per heavy atom. The van der Waals surface area contributed by atoms with Crippen molar-refractivity contribution < 1.29 is 5.11 Å². The van der Waals surface area contributed by atoms with Gasteiger partial charge in [0.25, 0.3) is 5.56 Å². The second-order valence-corrected chi connectivity index (χ2v) is 8.92. The minimum Gasteiger partial charge on any atom is -0.389 e. The number of aromatic amines is 1. The smallest absolute Gasteiger partial charge is 0.259 e. The molecule has 1 saturated heterocycles. The molecule has 0 saturated carbocycles. The molecule has 0 aromatic carbocycles. The summed E-state index contributed by atoms with van der Waals surface area (Å²) in [6.45, 7) is 14.1. The van der Waals surface area contributed by atoms with Gasteiger partial charge in [-0.25, -0.2) is 4.98 Å². The van der Waals surface area contributed by atoms with Crippen molar-refractivity contribution in [3.8, 4) is 0 Å². The van der Waals surface area contributed by atoms with Crippen molar-refractivity contribution in [3.05, 3.63) is 26.6 Å². The topological polar surface area (TPSA) is 72.5 Å². The van der Waals surface area contributed by atoms with Crippen LogP contribution in [0.15, 0.2) is 4.79 Å². The second-order valence-electron chi connectivity index (χ2n) is 7.72. The zero-order chi connectivity index (χ0) is 18.4. The van der Waals surface area contributed by atoms with Crippen molar-refractivity contribution in [2.24, 2.45) is 0 Å². The summed E-state index contributed by atoms with van der Waals surface area (Å²) in [6, 6.07) is 0.0732. The largest absolute Gasteiger partial charge is 0.389 e. The van der Waals surface area contributed by atoms with Crippen LogP contribution in [-0.2, 0) is 0 Å². The van der Waals surface area contributed by atoms with Gasteiger partial charge in [0, 0.05) is 37.6 Å². The summed E-state index contributed by atoms with van der Waals surface area (Å²) in [5, 5.41) is 10.7. The number of H-pyrrole nitrogens is 1. The normalized spacial score (nSPS) is 18.8. The number of nitrogens with one attached hydrogen (secondary N) is 1. The summed E-state index contributed by atoms with van der Waals surface area (Å²) in [5.74, 6) is 0.745. The minimum absolute atomic E-state index is 0.0330. The third-order valence-electron chi connectivity index (χ3n) is 5.02. The molecule has 0 spiro atoms. The zero-order valence-corrected chi connectivity index (χ0v) is 16.5. The maximum Gasteiger partial charge on any atom is 0.259 e. The fourth-order valence-corrected chi connectivity index (χ4v) is 4.54. The molecule has 2 aromatic heterocycles. The maximum atomic E-state index is 12.5. The van der Waals surface area contributed by atoms with E-state index in [2.05, 4.69) is 21.7 Å².